The molecule has 2 rings (SSSR count). The average Bonchev–Trinajstić information content (AvgIpc) is 2.67. The molecule has 2 aromatic rings. The summed E-state index contributed by atoms with van der Waals surface area (Å²) >= 11 is 0. The summed E-state index contributed by atoms with van der Waals surface area (Å²) in [6, 6.07) is 18.4. The third-order valence-corrected chi connectivity index (χ3v) is 4.41. The van der Waals surface area contributed by atoms with Crippen LogP contribution in [0.4, 0.5) is 0 Å². The molecule has 0 aliphatic carbocycles. The maximum Gasteiger partial charge on any atom is 0.330 e. The zero-order chi connectivity index (χ0) is 17.9. The van der Waals surface area contributed by atoms with E-state index >= 15 is 0 Å². The molecule has 0 heterocycles. The van der Waals surface area contributed by atoms with Gasteiger partial charge in [-0.1, -0.05) is 81.6 Å². The van der Waals surface area contributed by atoms with Crippen LogP contribution in [-0.4, -0.2) is 12.6 Å². The van der Waals surface area contributed by atoms with Crippen LogP contribution in [0.25, 0.3) is 17.2 Å². The summed E-state index contributed by atoms with van der Waals surface area (Å²) in [5.74, 6) is 0.207. The number of rotatable bonds is 9. The fraction of sp³-hybridized carbons (Fsp3) is 0.348. The van der Waals surface area contributed by atoms with E-state index in [1.807, 2.05) is 36.4 Å². The summed E-state index contributed by atoms with van der Waals surface area (Å²) in [4.78, 5) is 12.0. The molecule has 2 heteroatoms. The monoisotopic (exact) mass is 336 g/mol. The van der Waals surface area contributed by atoms with Crippen molar-refractivity contribution in [1.29, 1.82) is 0 Å². The van der Waals surface area contributed by atoms with Gasteiger partial charge in [-0.05, 0) is 41.2 Å². The molecule has 25 heavy (non-hydrogen) atoms. The van der Waals surface area contributed by atoms with Crippen LogP contribution in [0.5, 0.6) is 0 Å². The number of carbonyl (C=O) groups is 1. The quantitative estimate of drug-likeness (QED) is 0.407. The summed E-state index contributed by atoms with van der Waals surface area (Å²) < 4.78 is 5.40. The Balaban J connectivity index is 1.91. The first-order valence-electron chi connectivity index (χ1n) is 9.23. The number of hydrogen-bond acceptors (Lipinski definition) is 2. The van der Waals surface area contributed by atoms with E-state index in [0.717, 1.165) is 24.0 Å². The SMILES string of the molecule is CCCCC(CC)COC(=O)C=Cc1cccc(-c2ccccc2)c1. The van der Waals surface area contributed by atoms with Gasteiger partial charge in [0.05, 0.1) is 6.61 Å². The van der Waals surface area contributed by atoms with Gasteiger partial charge < -0.3 is 4.74 Å². The lowest BCUT2D eigenvalue weighted by molar-refractivity contribution is -0.139. The second kappa shape index (κ2) is 10.5. The highest BCUT2D eigenvalue weighted by Gasteiger charge is 2.08. The number of benzene rings is 2. The lowest BCUT2D eigenvalue weighted by Gasteiger charge is -2.13. The van der Waals surface area contributed by atoms with E-state index < -0.39 is 0 Å². The number of hydrogen-bond donors (Lipinski definition) is 0. The van der Waals surface area contributed by atoms with Gasteiger partial charge in [0.15, 0.2) is 0 Å². The third-order valence-electron chi connectivity index (χ3n) is 4.41. The van der Waals surface area contributed by atoms with Crippen LogP contribution in [-0.2, 0) is 9.53 Å². The van der Waals surface area contributed by atoms with Gasteiger partial charge in [-0.3, -0.25) is 0 Å². The minimum Gasteiger partial charge on any atom is -0.462 e. The molecule has 2 nitrogen and oxygen atoms in total. The van der Waals surface area contributed by atoms with Crippen LogP contribution in [0, 0.1) is 5.92 Å². The van der Waals surface area contributed by atoms with Crippen LogP contribution < -0.4 is 0 Å². The van der Waals surface area contributed by atoms with Crippen molar-refractivity contribution in [2.75, 3.05) is 6.61 Å². The summed E-state index contributed by atoms with van der Waals surface area (Å²) in [5, 5.41) is 0. The number of esters is 1. The molecule has 0 saturated carbocycles. The van der Waals surface area contributed by atoms with Crippen molar-refractivity contribution >= 4 is 12.0 Å². The Labute approximate surface area is 151 Å². The van der Waals surface area contributed by atoms with Gasteiger partial charge in [0.1, 0.15) is 0 Å². The van der Waals surface area contributed by atoms with E-state index in [-0.39, 0.29) is 5.97 Å². The van der Waals surface area contributed by atoms with E-state index in [1.165, 1.54) is 24.5 Å². The standard InChI is InChI=1S/C23H28O2/c1-3-5-10-19(4-2)18-25-23(24)16-15-20-11-9-14-22(17-20)21-12-7-6-8-13-21/h6-9,11-17,19H,3-5,10,18H2,1-2H3. The molecule has 0 aliphatic rings. The third kappa shape index (κ3) is 6.58. The summed E-state index contributed by atoms with van der Waals surface area (Å²) in [6.45, 7) is 4.85. The van der Waals surface area contributed by atoms with E-state index in [0.29, 0.717) is 12.5 Å². The van der Waals surface area contributed by atoms with Gasteiger partial charge in [-0.15, -0.1) is 0 Å². The molecule has 0 bridgehead atoms. The zero-order valence-corrected chi connectivity index (χ0v) is 15.3. The van der Waals surface area contributed by atoms with Gasteiger partial charge in [-0.2, -0.15) is 0 Å². The van der Waals surface area contributed by atoms with Crippen molar-refractivity contribution in [3.8, 4) is 11.1 Å². The van der Waals surface area contributed by atoms with Crippen molar-refractivity contribution in [3.63, 3.8) is 0 Å². The van der Waals surface area contributed by atoms with Crippen molar-refractivity contribution in [2.24, 2.45) is 5.92 Å². The Hall–Kier alpha value is -2.35. The highest BCUT2D eigenvalue weighted by atomic mass is 16.5. The van der Waals surface area contributed by atoms with E-state index in [1.54, 1.807) is 0 Å². The zero-order valence-electron chi connectivity index (χ0n) is 15.3. The van der Waals surface area contributed by atoms with Crippen LogP contribution in [0.2, 0.25) is 0 Å². The molecular weight excluding hydrogens is 308 g/mol. The predicted octanol–water partition coefficient (Wildman–Crippen LogP) is 6.13. The van der Waals surface area contributed by atoms with Gasteiger partial charge >= 0.3 is 5.97 Å². The molecule has 0 N–H and O–H groups in total. The van der Waals surface area contributed by atoms with Gasteiger partial charge in [0.25, 0.3) is 0 Å². The highest BCUT2D eigenvalue weighted by Crippen LogP contribution is 2.20. The number of ether oxygens (including phenoxy) is 1. The smallest absolute Gasteiger partial charge is 0.330 e. The fourth-order valence-electron chi connectivity index (χ4n) is 2.76. The Morgan fingerprint density at radius 2 is 1.80 bits per heavy atom. The Bertz CT molecular complexity index is 674. The molecule has 0 radical (unpaired) electrons. The molecule has 0 aliphatic heterocycles. The van der Waals surface area contributed by atoms with Crippen molar-refractivity contribution < 1.29 is 9.53 Å². The van der Waals surface area contributed by atoms with E-state index in [2.05, 4.69) is 38.1 Å². The minimum atomic E-state index is -0.264. The molecule has 132 valence electrons. The van der Waals surface area contributed by atoms with Crippen molar-refractivity contribution in [3.05, 3.63) is 66.2 Å². The first kappa shape index (κ1) is 19.0. The Morgan fingerprint density at radius 3 is 2.52 bits per heavy atom. The molecule has 0 saturated heterocycles. The molecule has 2 aromatic carbocycles. The van der Waals surface area contributed by atoms with Gasteiger partial charge in [0, 0.05) is 6.08 Å². The van der Waals surface area contributed by atoms with Crippen molar-refractivity contribution in [1.82, 2.24) is 0 Å². The second-order valence-electron chi connectivity index (χ2n) is 6.37. The topological polar surface area (TPSA) is 26.3 Å². The fourth-order valence-corrected chi connectivity index (χ4v) is 2.76. The van der Waals surface area contributed by atoms with Crippen LogP contribution in [0.3, 0.4) is 0 Å². The van der Waals surface area contributed by atoms with E-state index in [9.17, 15) is 4.79 Å². The lowest BCUT2D eigenvalue weighted by atomic mass is 10.0. The normalized spacial score (nSPS) is 12.2. The molecule has 0 amide bonds. The molecule has 1 atom stereocenters. The average molecular weight is 336 g/mol. The summed E-state index contributed by atoms with van der Waals surface area (Å²) in [7, 11) is 0. The Kier molecular flexibility index (Phi) is 7.97. The summed E-state index contributed by atoms with van der Waals surface area (Å²) in [6.07, 6.45) is 7.90. The molecule has 0 aromatic heterocycles. The molecule has 0 fully saturated rings. The molecular formula is C23H28O2. The number of carbonyl (C=O) groups excluding carboxylic acids is 1. The van der Waals surface area contributed by atoms with Crippen LogP contribution in [0.15, 0.2) is 60.7 Å². The lowest BCUT2D eigenvalue weighted by Crippen LogP contribution is -2.12. The van der Waals surface area contributed by atoms with Gasteiger partial charge in [0.2, 0.25) is 0 Å². The maximum absolute atomic E-state index is 12.0. The Morgan fingerprint density at radius 1 is 1.04 bits per heavy atom. The molecule has 1 unspecified atom stereocenters. The minimum absolute atomic E-state index is 0.264. The first-order valence-corrected chi connectivity index (χ1v) is 9.23. The van der Waals surface area contributed by atoms with Gasteiger partial charge in [-0.25, -0.2) is 4.79 Å². The predicted molar refractivity (Wildman–Crippen MR) is 105 cm³/mol. The van der Waals surface area contributed by atoms with Crippen molar-refractivity contribution in [2.45, 2.75) is 39.5 Å². The maximum atomic E-state index is 12.0. The largest absolute Gasteiger partial charge is 0.462 e. The molecule has 0 spiro atoms. The van der Waals surface area contributed by atoms with Crippen LogP contribution >= 0.6 is 0 Å². The second-order valence-corrected chi connectivity index (χ2v) is 6.37. The summed E-state index contributed by atoms with van der Waals surface area (Å²) in [5.41, 5.74) is 3.31. The number of unbranched alkanes of at least 4 members (excludes halogenated alkanes) is 1. The first-order chi connectivity index (χ1) is 12.2. The van der Waals surface area contributed by atoms with E-state index in [4.69, 9.17) is 4.74 Å². The van der Waals surface area contributed by atoms with Crippen LogP contribution in [0.1, 0.15) is 45.1 Å². The highest BCUT2D eigenvalue weighted by molar-refractivity contribution is 5.87.